The molecule has 0 spiro atoms. The smallest absolute Gasteiger partial charge is 0.257 e. The third-order valence-electron chi connectivity index (χ3n) is 5.94. The van der Waals surface area contributed by atoms with Gasteiger partial charge in [0.1, 0.15) is 6.61 Å². The van der Waals surface area contributed by atoms with Crippen molar-refractivity contribution in [3.63, 3.8) is 0 Å². The summed E-state index contributed by atoms with van der Waals surface area (Å²) in [5, 5.41) is 0. The van der Waals surface area contributed by atoms with Crippen LogP contribution in [0.1, 0.15) is 49.3 Å². The first-order valence-corrected chi connectivity index (χ1v) is 9.46. The molecule has 0 N–H and O–H groups in total. The maximum absolute atomic E-state index is 6.01. The van der Waals surface area contributed by atoms with E-state index in [1.807, 2.05) is 12.1 Å². The van der Waals surface area contributed by atoms with Gasteiger partial charge in [-0.15, -0.1) is 0 Å². The molecule has 0 radical (unpaired) electrons. The SMILES string of the molecule is c1cnc2c(c1)OC[C@H](c1ccc(CN3C4CCC[C@@H]3CC4)cc1)O2. The van der Waals surface area contributed by atoms with Crippen molar-refractivity contribution in [1.29, 1.82) is 0 Å². The first kappa shape index (κ1) is 15.2. The first-order valence-electron chi connectivity index (χ1n) is 9.46. The molecule has 4 nitrogen and oxygen atoms in total. The molecule has 3 aliphatic heterocycles. The zero-order valence-electron chi connectivity index (χ0n) is 14.4. The minimum Gasteiger partial charge on any atom is -0.484 e. The predicted octanol–water partition coefficient (Wildman–Crippen LogP) is 4.11. The lowest BCUT2D eigenvalue weighted by Gasteiger charge is -2.34. The summed E-state index contributed by atoms with van der Waals surface area (Å²) in [4.78, 5) is 6.99. The standard InChI is InChI=1S/C21H24N2O2/c1-3-17-10-11-18(4-1)23(17)13-15-6-8-16(9-7-15)20-14-24-19-5-2-12-22-21(19)25-20/h2,5-9,12,17-18,20H,1,3-4,10-11,13-14H2/t17-,18?,20-/m1/s1. The van der Waals surface area contributed by atoms with E-state index in [-0.39, 0.29) is 6.10 Å². The van der Waals surface area contributed by atoms with Gasteiger partial charge in [-0.05, 0) is 48.9 Å². The summed E-state index contributed by atoms with van der Waals surface area (Å²) in [6.07, 6.45) is 8.62. The Balaban J connectivity index is 1.28. The minimum absolute atomic E-state index is 0.0809. The summed E-state index contributed by atoms with van der Waals surface area (Å²) in [5.41, 5.74) is 2.56. The van der Waals surface area contributed by atoms with Crippen LogP contribution >= 0.6 is 0 Å². The van der Waals surface area contributed by atoms with Gasteiger partial charge in [0.15, 0.2) is 11.9 Å². The molecule has 3 aliphatic rings. The maximum Gasteiger partial charge on any atom is 0.257 e. The van der Waals surface area contributed by atoms with Crippen LogP contribution in [0, 0.1) is 0 Å². The monoisotopic (exact) mass is 336 g/mol. The molecule has 0 aliphatic carbocycles. The van der Waals surface area contributed by atoms with E-state index in [0.717, 1.165) is 29.9 Å². The molecule has 25 heavy (non-hydrogen) atoms. The van der Waals surface area contributed by atoms with Crippen LogP contribution in [0.3, 0.4) is 0 Å². The Bertz CT molecular complexity index is 730. The zero-order valence-corrected chi connectivity index (χ0v) is 14.4. The van der Waals surface area contributed by atoms with Crippen molar-refractivity contribution in [3.8, 4) is 11.6 Å². The molecule has 130 valence electrons. The average Bonchev–Trinajstić information content (AvgIpc) is 2.89. The largest absolute Gasteiger partial charge is 0.484 e. The Morgan fingerprint density at radius 3 is 2.60 bits per heavy atom. The number of hydrogen-bond donors (Lipinski definition) is 0. The van der Waals surface area contributed by atoms with Crippen LogP contribution in [0.4, 0.5) is 0 Å². The van der Waals surface area contributed by atoms with E-state index in [2.05, 4.69) is 34.1 Å². The average molecular weight is 336 g/mol. The molecule has 1 unspecified atom stereocenters. The molecule has 0 saturated carbocycles. The number of nitrogens with zero attached hydrogens (tertiary/aromatic N) is 2. The lowest BCUT2D eigenvalue weighted by atomic mass is 10.0. The molecule has 0 amide bonds. The number of piperidine rings is 1. The number of rotatable bonds is 3. The molecular formula is C21H24N2O2. The van der Waals surface area contributed by atoms with E-state index >= 15 is 0 Å². The lowest BCUT2D eigenvalue weighted by molar-refractivity contribution is 0.0850. The number of benzene rings is 1. The van der Waals surface area contributed by atoms with E-state index in [1.54, 1.807) is 6.20 Å². The second-order valence-corrected chi connectivity index (χ2v) is 7.45. The Morgan fingerprint density at radius 2 is 1.80 bits per heavy atom. The van der Waals surface area contributed by atoms with Gasteiger partial charge in [-0.3, -0.25) is 4.90 Å². The molecule has 2 aromatic rings. The van der Waals surface area contributed by atoms with Crippen molar-refractivity contribution in [2.75, 3.05) is 6.61 Å². The fourth-order valence-corrected chi connectivity index (χ4v) is 4.60. The van der Waals surface area contributed by atoms with Gasteiger partial charge in [0.25, 0.3) is 5.88 Å². The molecule has 2 bridgehead atoms. The van der Waals surface area contributed by atoms with Gasteiger partial charge in [0, 0.05) is 24.8 Å². The van der Waals surface area contributed by atoms with Crippen molar-refractivity contribution in [2.45, 2.75) is 56.8 Å². The van der Waals surface area contributed by atoms with Crippen LogP contribution in [0.15, 0.2) is 42.6 Å². The molecule has 2 saturated heterocycles. The summed E-state index contributed by atoms with van der Waals surface area (Å²) in [5.74, 6) is 1.32. The molecule has 4 heteroatoms. The van der Waals surface area contributed by atoms with Crippen LogP contribution in [-0.4, -0.2) is 28.6 Å². The summed E-state index contributed by atoms with van der Waals surface area (Å²) in [7, 11) is 0. The highest BCUT2D eigenvalue weighted by molar-refractivity contribution is 5.36. The van der Waals surface area contributed by atoms with Gasteiger partial charge in [-0.2, -0.15) is 0 Å². The molecule has 3 atom stereocenters. The van der Waals surface area contributed by atoms with Gasteiger partial charge in [0.05, 0.1) is 0 Å². The van der Waals surface area contributed by atoms with Crippen LogP contribution in [0.25, 0.3) is 0 Å². The third kappa shape index (κ3) is 2.89. The number of fused-ring (bicyclic) bond motifs is 3. The molecule has 4 heterocycles. The van der Waals surface area contributed by atoms with E-state index in [9.17, 15) is 0 Å². The van der Waals surface area contributed by atoms with Crippen LogP contribution in [0.5, 0.6) is 11.6 Å². The molecule has 1 aromatic carbocycles. The van der Waals surface area contributed by atoms with E-state index in [0.29, 0.717) is 12.5 Å². The topological polar surface area (TPSA) is 34.6 Å². The number of pyridine rings is 1. The number of ether oxygens (including phenoxy) is 2. The molecule has 5 rings (SSSR count). The summed E-state index contributed by atoms with van der Waals surface area (Å²) in [6.45, 7) is 1.62. The van der Waals surface area contributed by atoms with Crippen LogP contribution in [0.2, 0.25) is 0 Å². The quantitative estimate of drug-likeness (QED) is 0.845. The maximum atomic E-state index is 6.01. The summed E-state index contributed by atoms with van der Waals surface area (Å²) < 4.78 is 11.8. The normalized spacial score (nSPS) is 28.1. The highest BCUT2D eigenvalue weighted by atomic mass is 16.6. The Hall–Kier alpha value is -2.07. The third-order valence-corrected chi connectivity index (χ3v) is 5.94. The van der Waals surface area contributed by atoms with Crippen LogP contribution in [-0.2, 0) is 6.54 Å². The highest BCUT2D eigenvalue weighted by Gasteiger charge is 2.36. The number of hydrogen-bond acceptors (Lipinski definition) is 4. The van der Waals surface area contributed by atoms with E-state index < -0.39 is 0 Å². The highest BCUT2D eigenvalue weighted by Crippen LogP contribution is 2.37. The molecule has 2 fully saturated rings. The fraction of sp³-hybridized carbons (Fsp3) is 0.476. The Labute approximate surface area is 148 Å². The predicted molar refractivity (Wildman–Crippen MR) is 95.7 cm³/mol. The second-order valence-electron chi connectivity index (χ2n) is 7.45. The van der Waals surface area contributed by atoms with E-state index in [1.165, 1.54) is 37.7 Å². The summed E-state index contributed by atoms with van der Waals surface area (Å²) >= 11 is 0. The molecular weight excluding hydrogens is 312 g/mol. The first-order chi connectivity index (χ1) is 12.4. The second kappa shape index (κ2) is 6.34. The minimum atomic E-state index is -0.0809. The van der Waals surface area contributed by atoms with Crippen LogP contribution < -0.4 is 9.47 Å². The fourth-order valence-electron chi connectivity index (χ4n) is 4.60. The van der Waals surface area contributed by atoms with Gasteiger partial charge >= 0.3 is 0 Å². The Morgan fingerprint density at radius 1 is 1.00 bits per heavy atom. The number of aromatic nitrogens is 1. The Kier molecular flexibility index (Phi) is 3.86. The lowest BCUT2D eigenvalue weighted by Crippen LogP contribution is -2.38. The van der Waals surface area contributed by atoms with Gasteiger partial charge in [0.2, 0.25) is 0 Å². The van der Waals surface area contributed by atoms with Gasteiger partial charge < -0.3 is 9.47 Å². The van der Waals surface area contributed by atoms with Crippen molar-refractivity contribution in [3.05, 3.63) is 53.7 Å². The van der Waals surface area contributed by atoms with Gasteiger partial charge in [-0.25, -0.2) is 4.98 Å². The van der Waals surface area contributed by atoms with Crippen molar-refractivity contribution in [1.82, 2.24) is 9.88 Å². The van der Waals surface area contributed by atoms with Crippen molar-refractivity contribution >= 4 is 0 Å². The van der Waals surface area contributed by atoms with Gasteiger partial charge in [-0.1, -0.05) is 30.7 Å². The van der Waals surface area contributed by atoms with Crippen molar-refractivity contribution < 1.29 is 9.47 Å². The summed E-state index contributed by atoms with van der Waals surface area (Å²) in [6, 6.07) is 14.3. The van der Waals surface area contributed by atoms with Crippen molar-refractivity contribution in [2.24, 2.45) is 0 Å². The molecule has 1 aromatic heterocycles. The zero-order chi connectivity index (χ0) is 16.6. The van der Waals surface area contributed by atoms with E-state index in [4.69, 9.17) is 9.47 Å².